The summed E-state index contributed by atoms with van der Waals surface area (Å²) in [4.78, 5) is 31.6. The second-order valence-electron chi connectivity index (χ2n) is 4.75. The number of amides is 2. The van der Waals surface area contributed by atoms with Gasteiger partial charge in [-0.3, -0.25) is 9.59 Å². The summed E-state index contributed by atoms with van der Waals surface area (Å²) in [5.74, 6) is 0.0892. The normalized spacial score (nSPS) is 15.9. The summed E-state index contributed by atoms with van der Waals surface area (Å²) >= 11 is 5.81. The van der Waals surface area contributed by atoms with Crippen LogP contribution in [0.1, 0.15) is 30.1 Å². The molecular formula is C14H18ClN3O2. The first-order valence-corrected chi connectivity index (χ1v) is 7.18. The van der Waals surface area contributed by atoms with E-state index in [0.29, 0.717) is 43.3 Å². The van der Waals surface area contributed by atoms with Gasteiger partial charge >= 0.3 is 0 Å². The molecule has 1 fully saturated rings. The molecule has 108 valence electrons. The van der Waals surface area contributed by atoms with Crippen LogP contribution >= 0.6 is 11.6 Å². The summed E-state index contributed by atoms with van der Waals surface area (Å²) < 4.78 is 0. The second-order valence-corrected chi connectivity index (χ2v) is 5.13. The molecule has 1 aromatic heterocycles. The van der Waals surface area contributed by atoms with Crippen LogP contribution in [0, 0.1) is 0 Å². The summed E-state index contributed by atoms with van der Waals surface area (Å²) in [7, 11) is 0. The molecule has 1 aromatic rings. The van der Waals surface area contributed by atoms with E-state index in [1.165, 1.54) is 6.20 Å². The Morgan fingerprint density at radius 1 is 1.25 bits per heavy atom. The van der Waals surface area contributed by atoms with Crippen molar-refractivity contribution in [2.24, 2.45) is 0 Å². The predicted molar refractivity (Wildman–Crippen MR) is 76.6 cm³/mol. The molecule has 2 amide bonds. The van der Waals surface area contributed by atoms with Gasteiger partial charge in [-0.05, 0) is 18.6 Å². The van der Waals surface area contributed by atoms with Crippen molar-refractivity contribution < 1.29 is 9.59 Å². The average molecular weight is 296 g/mol. The van der Waals surface area contributed by atoms with E-state index in [1.54, 1.807) is 17.0 Å². The summed E-state index contributed by atoms with van der Waals surface area (Å²) in [5.41, 5.74) is 0.542. The third-order valence-corrected chi connectivity index (χ3v) is 3.62. The van der Waals surface area contributed by atoms with E-state index < -0.39 is 0 Å². The van der Waals surface area contributed by atoms with Gasteiger partial charge in [0, 0.05) is 44.4 Å². The van der Waals surface area contributed by atoms with E-state index in [2.05, 4.69) is 4.98 Å². The van der Waals surface area contributed by atoms with E-state index in [0.717, 1.165) is 6.42 Å². The van der Waals surface area contributed by atoms with Crippen LogP contribution in [0.5, 0.6) is 0 Å². The van der Waals surface area contributed by atoms with E-state index in [-0.39, 0.29) is 11.8 Å². The topological polar surface area (TPSA) is 53.5 Å². The Balaban J connectivity index is 2.03. The fourth-order valence-corrected chi connectivity index (χ4v) is 2.49. The van der Waals surface area contributed by atoms with Crippen molar-refractivity contribution in [2.45, 2.75) is 19.8 Å². The van der Waals surface area contributed by atoms with E-state index in [9.17, 15) is 9.59 Å². The molecule has 0 radical (unpaired) electrons. The quantitative estimate of drug-likeness (QED) is 0.782. The number of halogens is 1. The van der Waals surface area contributed by atoms with Crippen LogP contribution in [0.15, 0.2) is 18.3 Å². The molecule has 1 saturated heterocycles. The Labute approximate surface area is 123 Å². The maximum absolute atomic E-state index is 12.4. The zero-order chi connectivity index (χ0) is 14.5. The van der Waals surface area contributed by atoms with Gasteiger partial charge in [-0.2, -0.15) is 0 Å². The Hall–Kier alpha value is -1.62. The predicted octanol–water partition coefficient (Wildman–Crippen LogP) is 1.82. The van der Waals surface area contributed by atoms with Crippen molar-refractivity contribution in [1.29, 1.82) is 0 Å². The highest BCUT2D eigenvalue weighted by molar-refractivity contribution is 6.29. The maximum atomic E-state index is 12.4. The first-order valence-electron chi connectivity index (χ1n) is 6.80. The zero-order valence-corrected chi connectivity index (χ0v) is 12.3. The molecule has 0 spiro atoms. The highest BCUT2D eigenvalue weighted by Gasteiger charge is 2.22. The number of nitrogens with zero attached hydrogens (tertiary/aromatic N) is 3. The number of aromatic nitrogens is 1. The lowest BCUT2D eigenvalue weighted by molar-refractivity contribution is -0.130. The lowest BCUT2D eigenvalue weighted by Gasteiger charge is -2.22. The third-order valence-electron chi connectivity index (χ3n) is 3.41. The van der Waals surface area contributed by atoms with Gasteiger partial charge in [0.25, 0.3) is 5.91 Å². The minimum atomic E-state index is -0.0555. The van der Waals surface area contributed by atoms with Gasteiger partial charge in [-0.15, -0.1) is 0 Å². The molecule has 1 aliphatic heterocycles. The van der Waals surface area contributed by atoms with Crippen LogP contribution in [-0.2, 0) is 4.79 Å². The molecule has 2 heterocycles. The standard InChI is InChI=1S/C14H18ClN3O2/c1-2-13(19)17-6-3-7-18(9-8-17)14(20)11-4-5-16-12(15)10-11/h4-5,10H,2-3,6-9H2,1H3. The summed E-state index contributed by atoms with van der Waals surface area (Å²) in [6.07, 6.45) is 2.84. The SMILES string of the molecule is CCC(=O)N1CCCN(C(=O)c2ccnc(Cl)c2)CC1. The monoisotopic (exact) mass is 295 g/mol. The summed E-state index contributed by atoms with van der Waals surface area (Å²) in [6.45, 7) is 4.39. The highest BCUT2D eigenvalue weighted by Crippen LogP contribution is 2.12. The Bertz CT molecular complexity index is 507. The van der Waals surface area contributed by atoms with Gasteiger partial charge in [0.05, 0.1) is 0 Å². The first-order chi connectivity index (χ1) is 9.61. The van der Waals surface area contributed by atoms with Crippen LogP contribution in [-0.4, -0.2) is 52.8 Å². The van der Waals surface area contributed by atoms with Crippen molar-refractivity contribution >= 4 is 23.4 Å². The lowest BCUT2D eigenvalue weighted by Crippen LogP contribution is -2.37. The van der Waals surface area contributed by atoms with Crippen LogP contribution in [0.3, 0.4) is 0 Å². The number of hydrogen-bond donors (Lipinski definition) is 0. The van der Waals surface area contributed by atoms with Crippen molar-refractivity contribution in [1.82, 2.24) is 14.8 Å². The van der Waals surface area contributed by atoms with Gasteiger partial charge < -0.3 is 9.80 Å². The second kappa shape index (κ2) is 6.70. The fraction of sp³-hybridized carbons (Fsp3) is 0.500. The Morgan fingerprint density at radius 2 is 1.95 bits per heavy atom. The van der Waals surface area contributed by atoms with Crippen molar-refractivity contribution in [3.8, 4) is 0 Å². The Morgan fingerprint density at radius 3 is 2.65 bits per heavy atom. The van der Waals surface area contributed by atoms with E-state index in [4.69, 9.17) is 11.6 Å². The minimum absolute atomic E-state index is 0.0555. The van der Waals surface area contributed by atoms with Crippen LogP contribution < -0.4 is 0 Å². The number of pyridine rings is 1. The lowest BCUT2D eigenvalue weighted by atomic mass is 10.2. The van der Waals surface area contributed by atoms with Crippen molar-refractivity contribution in [3.63, 3.8) is 0 Å². The van der Waals surface area contributed by atoms with Gasteiger partial charge in [0.15, 0.2) is 0 Å². The average Bonchev–Trinajstić information content (AvgIpc) is 2.71. The van der Waals surface area contributed by atoms with Crippen LogP contribution in [0.4, 0.5) is 0 Å². The fourth-order valence-electron chi connectivity index (χ4n) is 2.31. The van der Waals surface area contributed by atoms with E-state index in [1.807, 2.05) is 11.8 Å². The summed E-state index contributed by atoms with van der Waals surface area (Å²) in [5, 5.41) is 0.313. The number of carbonyl (C=O) groups is 2. The van der Waals surface area contributed by atoms with E-state index >= 15 is 0 Å². The molecule has 0 N–H and O–H groups in total. The molecular weight excluding hydrogens is 278 g/mol. The number of hydrogen-bond acceptors (Lipinski definition) is 3. The molecule has 0 aliphatic carbocycles. The third kappa shape index (κ3) is 3.48. The highest BCUT2D eigenvalue weighted by atomic mass is 35.5. The Kier molecular flexibility index (Phi) is 4.95. The smallest absolute Gasteiger partial charge is 0.254 e. The molecule has 0 bridgehead atoms. The molecule has 0 unspecified atom stereocenters. The molecule has 0 aromatic carbocycles. The molecule has 1 aliphatic rings. The minimum Gasteiger partial charge on any atom is -0.341 e. The van der Waals surface area contributed by atoms with Gasteiger partial charge in [0.1, 0.15) is 5.15 Å². The summed E-state index contributed by atoms with van der Waals surface area (Å²) in [6, 6.07) is 3.23. The number of carbonyl (C=O) groups excluding carboxylic acids is 2. The maximum Gasteiger partial charge on any atom is 0.254 e. The van der Waals surface area contributed by atoms with Gasteiger partial charge in [0.2, 0.25) is 5.91 Å². The van der Waals surface area contributed by atoms with Gasteiger partial charge in [-0.25, -0.2) is 4.98 Å². The molecule has 0 saturated carbocycles. The molecule has 20 heavy (non-hydrogen) atoms. The van der Waals surface area contributed by atoms with Crippen molar-refractivity contribution in [2.75, 3.05) is 26.2 Å². The molecule has 0 atom stereocenters. The molecule has 2 rings (SSSR count). The first kappa shape index (κ1) is 14.8. The number of rotatable bonds is 2. The van der Waals surface area contributed by atoms with Gasteiger partial charge in [-0.1, -0.05) is 18.5 Å². The molecule has 6 heteroatoms. The largest absolute Gasteiger partial charge is 0.341 e. The molecule has 5 nitrogen and oxygen atoms in total. The van der Waals surface area contributed by atoms with Crippen molar-refractivity contribution in [3.05, 3.63) is 29.0 Å². The van der Waals surface area contributed by atoms with Crippen LogP contribution in [0.25, 0.3) is 0 Å². The van der Waals surface area contributed by atoms with Crippen LogP contribution in [0.2, 0.25) is 5.15 Å². The zero-order valence-electron chi connectivity index (χ0n) is 11.5.